The third-order valence-electron chi connectivity index (χ3n) is 5.33. The second-order valence-electron chi connectivity index (χ2n) is 7.57. The predicted octanol–water partition coefficient (Wildman–Crippen LogP) is 3.43. The Morgan fingerprint density at radius 2 is 1.94 bits per heavy atom. The zero-order chi connectivity index (χ0) is 22.7. The van der Waals surface area contributed by atoms with Gasteiger partial charge in [0.25, 0.3) is 5.56 Å². The summed E-state index contributed by atoms with van der Waals surface area (Å²) < 4.78 is 8.59. The average molecular weight is 452 g/mol. The minimum absolute atomic E-state index is 0.111. The molecule has 166 valence electrons. The van der Waals surface area contributed by atoms with Crippen LogP contribution in [-0.2, 0) is 16.1 Å². The van der Waals surface area contributed by atoms with E-state index in [2.05, 4.69) is 15.5 Å². The SMILES string of the molecule is COCCCn1c(=O)c2ccccc2n2c(SCC(=O)Nc3ccc(C)c(C)c3)nnc12. The molecule has 0 saturated carbocycles. The van der Waals surface area contributed by atoms with Gasteiger partial charge in [-0.3, -0.25) is 18.6 Å². The molecule has 0 spiro atoms. The van der Waals surface area contributed by atoms with Crippen LogP contribution in [0.4, 0.5) is 5.69 Å². The van der Waals surface area contributed by atoms with Gasteiger partial charge in [0.15, 0.2) is 5.16 Å². The number of carbonyl (C=O) groups excluding carboxylic acids is 1. The Bertz CT molecular complexity index is 1340. The van der Waals surface area contributed by atoms with Gasteiger partial charge < -0.3 is 10.1 Å². The molecule has 4 aromatic rings. The molecular weight excluding hydrogens is 426 g/mol. The minimum atomic E-state index is -0.132. The number of ether oxygens (including phenoxy) is 1. The van der Waals surface area contributed by atoms with Crippen molar-refractivity contribution >= 4 is 40.0 Å². The number of benzene rings is 2. The van der Waals surface area contributed by atoms with Crippen molar-refractivity contribution in [3.05, 3.63) is 63.9 Å². The van der Waals surface area contributed by atoms with Crippen LogP contribution in [0, 0.1) is 13.8 Å². The lowest BCUT2D eigenvalue weighted by Gasteiger charge is -2.11. The van der Waals surface area contributed by atoms with Crippen LogP contribution in [0.2, 0.25) is 0 Å². The molecule has 2 aromatic carbocycles. The molecule has 9 heteroatoms. The fraction of sp³-hybridized carbons (Fsp3) is 0.304. The van der Waals surface area contributed by atoms with Crippen molar-refractivity contribution in [2.45, 2.75) is 32.0 Å². The van der Waals surface area contributed by atoms with E-state index in [9.17, 15) is 9.59 Å². The van der Waals surface area contributed by atoms with Crippen molar-refractivity contribution in [2.24, 2.45) is 0 Å². The summed E-state index contributed by atoms with van der Waals surface area (Å²) in [6.45, 7) is 5.06. The highest BCUT2D eigenvalue weighted by Crippen LogP contribution is 2.22. The molecule has 0 fully saturated rings. The maximum Gasteiger partial charge on any atom is 0.262 e. The molecule has 0 aliphatic heterocycles. The number of hydrogen-bond donors (Lipinski definition) is 1. The quantitative estimate of drug-likeness (QED) is 0.326. The zero-order valence-corrected chi connectivity index (χ0v) is 19.1. The first-order chi connectivity index (χ1) is 15.5. The molecule has 0 aliphatic carbocycles. The number of aromatic nitrogens is 4. The van der Waals surface area contributed by atoms with Gasteiger partial charge in [0.2, 0.25) is 11.7 Å². The molecule has 0 radical (unpaired) electrons. The molecule has 1 N–H and O–H groups in total. The summed E-state index contributed by atoms with van der Waals surface area (Å²) in [6, 6.07) is 13.2. The van der Waals surface area contributed by atoms with Gasteiger partial charge in [0.1, 0.15) is 0 Å². The van der Waals surface area contributed by atoms with E-state index < -0.39 is 0 Å². The van der Waals surface area contributed by atoms with Gasteiger partial charge in [-0.1, -0.05) is 30.0 Å². The third-order valence-corrected chi connectivity index (χ3v) is 6.26. The zero-order valence-electron chi connectivity index (χ0n) is 18.3. The van der Waals surface area contributed by atoms with Crippen LogP contribution in [0.25, 0.3) is 16.7 Å². The summed E-state index contributed by atoms with van der Waals surface area (Å²) >= 11 is 1.29. The second kappa shape index (κ2) is 9.54. The maximum absolute atomic E-state index is 13.0. The summed E-state index contributed by atoms with van der Waals surface area (Å²) in [5.41, 5.74) is 3.67. The lowest BCUT2D eigenvalue weighted by molar-refractivity contribution is -0.113. The third kappa shape index (κ3) is 4.39. The fourth-order valence-electron chi connectivity index (χ4n) is 3.54. The van der Waals surface area contributed by atoms with Crippen LogP contribution < -0.4 is 10.9 Å². The minimum Gasteiger partial charge on any atom is -0.385 e. The number of amides is 1. The highest BCUT2D eigenvalue weighted by atomic mass is 32.2. The number of rotatable bonds is 8. The predicted molar refractivity (Wildman–Crippen MR) is 127 cm³/mol. The van der Waals surface area contributed by atoms with E-state index in [0.29, 0.717) is 35.9 Å². The molecule has 32 heavy (non-hydrogen) atoms. The summed E-state index contributed by atoms with van der Waals surface area (Å²) in [6.07, 6.45) is 0.679. The summed E-state index contributed by atoms with van der Waals surface area (Å²) in [5, 5.41) is 12.6. The maximum atomic E-state index is 13.0. The van der Waals surface area contributed by atoms with Crippen LogP contribution in [0.1, 0.15) is 17.5 Å². The van der Waals surface area contributed by atoms with Crippen LogP contribution in [0.3, 0.4) is 0 Å². The lowest BCUT2D eigenvalue weighted by atomic mass is 10.1. The van der Waals surface area contributed by atoms with Crippen molar-refractivity contribution in [1.82, 2.24) is 19.2 Å². The van der Waals surface area contributed by atoms with Crippen molar-refractivity contribution in [2.75, 3.05) is 24.8 Å². The van der Waals surface area contributed by atoms with Crippen LogP contribution in [0.5, 0.6) is 0 Å². The van der Waals surface area contributed by atoms with E-state index in [4.69, 9.17) is 4.74 Å². The smallest absolute Gasteiger partial charge is 0.262 e. The monoisotopic (exact) mass is 451 g/mol. The fourth-order valence-corrected chi connectivity index (χ4v) is 4.28. The first kappa shape index (κ1) is 22.0. The first-order valence-corrected chi connectivity index (χ1v) is 11.3. The van der Waals surface area contributed by atoms with E-state index >= 15 is 0 Å². The molecule has 0 aliphatic rings. The van der Waals surface area contributed by atoms with E-state index in [1.165, 1.54) is 17.3 Å². The topological polar surface area (TPSA) is 90.5 Å². The number of hydrogen-bond acceptors (Lipinski definition) is 6. The van der Waals surface area contributed by atoms with Gasteiger partial charge in [0.05, 0.1) is 16.7 Å². The number of aryl methyl sites for hydroxylation is 3. The number of para-hydroxylation sites is 1. The molecule has 2 heterocycles. The Morgan fingerprint density at radius 3 is 2.72 bits per heavy atom. The van der Waals surface area contributed by atoms with E-state index in [0.717, 1.165) is 16.8 Å². The molecular formula is C23H25N5O3S. The Morgan fingerprint density at radius 1 is 1.12 bits per heavy atom. The molecule has 0 saturated heterocycles. The van der Waals surface area contributed by atoms with Gasteiger partial charge in [-0.15, -0.1) is 10.2 Å². The van der Waals surface area contributed by atoms with E-state index in [1.54, 1.807) is 17.7 Å². The normalized spacial score (nSPS) is 11.3. The molecule has 4 rings (SSSR count). The van der Waals surface area contributed by atoms with Crippen molar-refractivity contribution in [1.29, 1.82) is 0 Å². The summed E-state index contributed by atoms with van der Waals surface area (Å²) in [4.78, 5) is 25.6. The van der Waals surface area contributed by atoms with Gasteiger partial charge >= 0.3 is 0 Å². The Balaban J connectivity index is 1.62. The van der Waals surface area contributed by atoms with Crippen LogP contribution in [-0.4, -0.2) is 44.5 Å². The van der Waals surface area contributed by atoms with Crippen molar-refractivity contribution in [3.8, 4) is 0 Å². The van der Waals surface area contributed by atoms with E-state index in [1.807, 2.05) is 54.6 Å². The number of carbonyl (C=O) groups is 1. The first-order valence-electron chi connectivity index (χ1n) is 10.3. The van der Waals surface area contributed by atoms with Crippen molar-refractivity contribution < 1.29 is 9.53 Å². The number of thioether (sulfide) groups is 1. The average Bonchev–Trinajstić information content (AvgIpc) is 3.21. The number of fused-ring (bicyclic) bond motifs is 3. The molecule has 0 bridgehead atoms. The number of nitrogens with one attached hydrogen (secondary N) is 1. The molecule has 1 amide bonds. The standard InChI is InChI=1S/C23H25N5O3S/c1-15-9-10-17(13-16(15)2)24-20(29)14-32-23-26-25-22-27(11-6-12-31-3)21(30)18-7-4-5-8-19(18)28(22)23/h4-5,7-10,13H,6,11-12,14H2,1-3H3,(H,24,29). The van der Waals surface area contributed by atoms with Gasteiger partial charge in [-0.25, -0.2) is 0 Å². The van der Waals surface area contributed by atoms with Crippen LogP contribution in [0.15, 0.2) is 52.4 Å². The highest BCUT2D eigenvalue weighted by Gasteiger charge is 2.17. The molecule has 2 aromatic heterocycles. The molecule has 0 unspecified atom stereocenters. The molecule has 8 nitrogen and oxygen atoms in total. The second-order valence-corrected chi connectivity index (χ2v) is 8.52. The summed E-state index contributed by atoms with van der Waals surface area (Å²) in [7, 11) is 1.63. The number of nitrogens with zero attached hydrogens (tertiary/aromatic N) is 4. The van der Waals surface area contributed by atoms with Gasteiger partial charge in [0, 0.05) is 25.9 Å². The van der Waals surface area contributed by atoms with Crippen LogP contribution >= 0.6 is 11.8 Å². The van der Waals surface area contributed by atoms with Gasteiger partial charge in [-0.05, 0) is 55.7 Å². The largest absolute Gasteiger partial charge is 0.385 e. The Labute approximate surface area is 189 Å². The number of methoxy groups -OCH3 is 1. The Kier molecular flexibility index (Phi) is 6.57. The highest BCUT2D eigenvalue weighted by molar-refractivity contribution is 7.99. The van der Waals surface area contributed by atoms with Gasteiger partial charge in [-0.2, -0.15) is 0 Å². The Hall–Kier alpha value is -3.17. The van der Waals surface area contributed by atoms with Crippen molar-refractivity contribution in [3.63, 3.8) is 0 Å². The lowest BCUT2D eigenvalue weighted by Crippen LogP contribution is -2.24. The summed E-state index contributed by atoms with van der Waals surface area (Å²) in [5.74, 6) is 0.500. The molecule has 0 atom stereocenters. The van der Waals surface area contributed by atoms with E-state index in [-0.39, 0.29) is 17.2 Å². The number of anilines is 1.